The fourth-order valence-electron chi connectivity index (χ4n) is 6.27. The van der Waals surface area contributed by atoms with E-state index in [-0.39, 0.29) is 5.92 Å². The second-order valence-corrected chi connectivity index (χ2v) is 10.6. The molecule has 3 heteroatoms. The van der Waals surface area contributed by atoms with E-state index in [0.717, 1.165) is 30.8 Å². The van der Waals surface area contributed by atoms with Crippen molar-refractivity contribution in [1.82, 2.24) is 9.38 Å². The van der Waals surface area contributed by atoms with Crippen LogP contribution in [-0.4, -0.2) is 16.0 Å². The van der Waals surface area contributed by atoms with Gasteiger partial charge in [-0.2, -0.15) is 0 Å². The van der Waals surface area contributed by atoms with E-state index in [2.05, 4.69) is 115 Å². The average Bonchev–Trinajstić information content (AvgIpc) is 3.38. The summed E-state index contributed by atoms with van der Waals surface area (Å²) in [4.78, 5) is 5.06. The first-order chi connectivity index (χ1) is 18.2. The van der Waals surface area contributed by atoms with E-state index in [9.17, 15) is 0 Å². The van der Waals surface area contributed by atoms with Crippen LogP contribution in [0, 0.1) is 5.92 Å². The summed E-state index contributed by atoms with van der Waals surface area (Å²) in [7, 11) is 0. The van der Waals surface area contributed by atoms with Crippen molar-refractivity contribution in [1.29, 1.82) is 0 Å². The number of hydrogen-bond donors (Lipinski definition) is 0. The van der Waals surface area contributed by atoms with Gasteiger partial charge in [0.2, 0.25) is 0 Å². The van der Waals surface area contributed by atoms with Crippen molar-refractivity contribution < 1.29 is 4.74 Å². The minimum Gasteiger partial charge on any atom is -0.493 e. The van der Waals surface area contributed by atoms with Crippen LogP contribution in [0.25, 0.3) is 38.6 Å². The van der Waals surface area contributed by atoms with Gasteiger partial charge in [-0.25, -0.2) is 4.98 Å². The molecular formula is C34H30N2O. The van der Waals surface area contributed by atoms with Gasteiger partial charge in [0.15, 0.2) is 0 Å². The summed E-state index contributed by atoms with van der Waals surface area (Å²) >= 11 is 0. The summed E-state index contributed by atoms with van der Waals surface area (Å²) in [5.41, 5.74) is 8.74. The van der Waals surface area contributed by atoms with Gasteiger partial charge in [-0.1, -0.05) is 92.7 Å². The van der Waals surface area contributed by atoms with Gasteiger partial charge in [-0.15, -0.1) is 0 Å². The molecule has 1 atom stereocenters. The lowest BCUT2D eigenvalue weighted by Gasteiger charge is -2.29. The van der Waals surface area contributed by atoms with Crippen molar-refractivity contribution in [2.75, 3.05) is 6.61 Å². The Morgan fingerprint density at radius 3 is 2.41 bits per heavy atom. The highest BCUT2D eigenvalue weighted by Gasteiger charge is 2.28. The summed E-state index contributed by atoms with van der Waals surface area (Å²) < 4.78 is 8.45. The van der Waals surface area contributed by atoms with E-state index in [1.807, 2.05) is 0 Å². The lowest BCUT2D eigenvalue weighted by Crippen LogP contribution is -2.16. The fourth-order valence-corrected chi connectivity index (χ4v) is 6.27. The van der Waals surface area contributed by atoms with E-state index in [1.54, 1.807) is 0 Å². The molecule has 182 valence electrons. The first-order valence-electron chi connectivity index (χ1n) is 13.3. The molecule has 37 heavy (non-hydrogen) atoms. The maximum Gasteiger partial charge on any atom is 0.145 e. The third-order valence-electron chi connectivity index (χ3n) is 7.77. The van der Waals surface area contributed by atoms with Gasteiger partial charge in [0.25, 0.3) is 0 Å². The summed E-state index contributed by atoms with van der Waals surface area (Å²) in [5, 5.41) is 3.69. The van der Waals surface area contributed by atoms with Crippen molar-refractivity contribution in [2.45, 2.75) is 32.6 Å². The maximum absolute atomic E-state index is 6.06. The van der Waals surface area contributed by atoms with Crippen molar-refractivity contribution in [3.63, 3.8) is 0 Å². The van der Waals surface area contributed by atoms with Crippen LogP contribution in [0.4, 0.5) is 0 Å². The molecule has 0 aliphatic carbocycles. The zero-order valence-corrected chi connectivity index (χ0v) is 21.3. The second kappa shape index (κ2) is 8.77. The number of ether oxygens (including phenoxy) is 1. The predicted octanol–water partition coefficient (Wildman–Crippen LogP) is 8.42. The molecule has 6 aromatic rings. The first kappa shape index (κ1) is 22.1. The number of benzene rings is 4. The molecule has 3 heterocycles. The van der Waals surface area contributed by atoms with E-state index in [0.29, 0.717) is 5.92 Å². The first-order valence-corrected chi connectivity index (χ1v) is 13.3. The van der Waals surface area contributed by atoms with Gasteiger partial charge < -0.3 is 4.74 Å². The molecule has 4 aromatic carbocycles. The minimum absolute atomic E-state index is 0.282. The van der Waals surface area contributed by atoms with E-state index in [1.165, 1.54) is 49.6 Å². The van der Waals surface area contributed by atoms with Crippen LogP contribution in [0.2, 0.25) is 0 Å². The fraction of sp³-hybridized carbons (Fsp3) is 0.206. The van der Waals surface area contributed by atoms with Crippen molar-refractivity contribution >= 4 is 27.3 Å². The monoisotopic (exact) mass is 482 g/mol. The smallest absolute Gasteiger partial charge is 0.145 e. The van der Waals surface area contributed by atoms with Crippen LogP contribution < -0.4 is 4.74 Å². The number of rotatable bonds is 4. The number of pyridine rings is 1. The Kier molecular flexibility index (Phi) is 5.24. The summed E-state index contributed by atoms with van der Waals surface area (Å²) in [6.07, 6.45) is 4.09. The SMILES string of the molecule is CC(C)Cc1cccc(C2CCOc3ccccc32)c1-c1cnc2c3ccccc3c3ccccc3n12. The van der Waals surface area contributed by atoms with Gasteiger partial charge in [-0.05, 0) is 47.4 Å². The molecule has 0 amide bonds. The Bertz CT molecular complexity index is 1780. The number of nitrogens with zero attached hydrogens (tertiary/aromatic N) is 2. The molecule has 0 fully saturated rings. The van der Waals surface area contributed by atoms with Crippen molar-refractivity contribution in [3.8, 4) is 17.0 Å². The molecule has 7 rings (SSSR count). The minimum atomic E-state index is 0.282. The molecular weight excluding hydrogens is 452 g/mol. The Balaban J connectivity index is 1.58. The van der Waals surface area contributed by atoms with E-state index >= 15 is 0 Å². The topological polar surface area (TPSA) is 26.5 Å². The Hall–Kier alpha value is -4.11. The van der Waals surface area contributed by atoms with Gasteiger partial charge in [0, 0.05) is 27.8 Å². The maximum atomic E-state index is 6.06. The standard InChI is InChI=1S/C34H30N2O/c1-22(2)20-23-10-9-15-28(25-18-19-37-32-17-8-6-13-27(25)32)33(23)31-21-35-34-29-14-4-3-11-24(29)26-12-5-7-16-30(26)36(31)34/h3-17,21-22,25H,18-20H2,1-2H3. The highest BCUT2D eigenvalue weighted by atomic mass is 16.5. The molecule has 2 aromatic heterocycles. The quantitative estimate of drug-likeness (QED) is 0.236. The summed E-state index contributed by atoms with van der Waals surface area (Å²) in [5.74, 6) is 1.84. The van der Waals surface area contributed by atoms with Crippen LogP contribution in [0.3, 0.4) is 0 Å². The van der Waals surface area contributed by atoms with Crippen molar-refractivity contribution in [2.24, 2.45) is 5.92 Å². The Morgan fingerprint density at radius 1 is 0.811 bits per heavy atom. The summed E-state index contributed by atoms with van der Waals surface area (Å²) in [6.45, 7) is 5.34. The van der Waals surface area contributed by atoms with E-state index < -0.39 is 0 Å². The van der Waals surface area contributed by atoms with Crippen LogP contribution in [0.5, 0.6) is 5.75 Å². The molecule has 0 saturated heterocycles. The number of para-hydroxylation sites is 2. The Morgan fingerprint density at radius 2 is 1.54 bits per heavy atom. The van der Waals surface area contributed by atoms with Crippen LogP contribution >= 0.6 is 0 Å². The molecule has 0 spiro atoms. The molecule has 0 N–H and O–H groups in total. The molecule has 1 unspecified atom stereocenters. The second-order valence-electron chi connectivity index (χ2n) is 10.6. The Labute approximate surface area is 217 Å². The van der Waals surface area contributed by atoms with Crippen LogP contribution in [0.1, 0.15) is 42.9 Å². The molecule has 1 aliphatic rings. The number of imidazole rings is 1. The van der Waals surface area contributed by atoms with Gasteiger partial charge >= 0.3 is 0 Å². The average molecular weight is 483 g/mol. The molecule has 1 aliphatic heterocycles. The van der Waals surface area contributed by atoms with E-state index in [4.69, 9.17) is 9.72 Å². The third-order valence-corrected chi connectivity index (χ3v) is 7.77. The van der Waals surface area contributed by atoms with Gasteiger partial charge in [-0.3, -0.25) is 4.40 Å². The van der Waals surface area contributed by atoms with Gasteiger partial charge in [0.05, 0.1) is 24.0 Å². The lowest BCUT2D eigenvalue weighted by atomic mass is 9.81. The normalized spacial score (nSPS) is 15.4. The third kappa shape index (κ3) is 3.53. The van der Waals surface area contributed by atoms with Gasteiger partial charge in [0.1, 0.15) is 11.4 Å². The highest BCUT2D eigenvalue weighted by Crippen LogP contribution is 2.44. The molecule has 3 nitrogen and oxygen atoms in total. The highest BCUT2D eigenvalue weighted by molar-refractivity contribution is 6.12. The largest absolute Gasteiger partial charge is 0.493 e. The molecule has 0 saturated carbocycles. The number of hydrogen-bond acceptors (Lipinski definition) is 2. The predicted molar refractivity (Wildman–Crippen MR) is 153 cm³/mol. The van der Waals surface area contributed by atoms with Crippen molar-refractivity contribution in [3.05, 3.63) is 114 Å². The van der Waals surface area contributed by atoms with Crippen LogP contribution in [0.15, 0.2) is 97.2 Å². The number of fused-ring (bicyclic) bond motifs is 7. The number of aromatic nitrogens is 2. The summed E-state index contributed by atoms with van der Waals surface area (Å²) in [6, 6.07) is 32.8. The molecule has 0 radical (unpaired) electrons. The zero-order chi connectivity index (χ0) is 24.9. The zero-order valence-electron chi connectivity index (χ0n) is 21.3. The van der Waals surface area contributed by atoms with Crippen LogP contribution in [-0.2, 0) is 6.42 Å². The lowest BCUT2D eigenvalue weighted by molar-refractivity contribution is 0.277. The molecule has 0 bridgehead atoms.